The molecule has 0 aliphatic rings. The molecule has 0 radical (unpaired) electrons. The Morgan fingerprint density at radius 3 is 3.20 bits per heavy atom. The molecule has 10 heavy (non-hydrogen) atoms. The van der Waals surface area contributed by atoms with Crippen LogP contribution in [0, 0.1) is 0 Å². The van der Waals surface area contributed by atoms with Gasteiger partial charge in [-0.3, -0.25) is 0 Å². The van der Waals surface area contributed by atoms with E-state index >= 15 is 0 Å². The maximum Gasteiger partial charge on any atom is 0.106 e. The van der Waals surface area contributed by atoms with Crippen LogP contribution in [0.5, 0.6) is 0 Å². The Balaban J connectivity index is 2.88. The zero-order chi connectivity index (χ0) is 6.97. The topological polar surface area (TPSA) is 51.8 Å². The van der Waals surface area contributed by atoms with Crippen molar-refractivity contribution in [2.75, 3.05) is 5.73 Å². The van der Waals surface area contributed by atoms with Gasteiger partial charge in [0, 0.05) is 6.07 Å². The van der Waals surface area contributed by atoms with Crippen LogP contribution >= 0.6 is 11.3 Å². The molecule has 0 unspecified atom stereocenters. The van der Waals surface area contributed by atoms with Crippen LogP contribution in [0.1, 0.15) is 0 Å². The molecular formula is C6H5N3S. The number of nitrogens with zero attached hydrogens (tertiary/aromatic N) is 2. The summed E-state index contributed by atoms with van der Waals surface area (Å²) in [5, 5.41) is 8.40. The SMILES string of the molecule is Nc1cc2nnccc2s1. The highest BCUT2D eigenvalue weighted by Gasteiger charge is 1.96. The van der Waals surface area contributed by atoms with Gasteiger partial charge in [0.15, 0.2) is 0 Å². The minimum absolute atomic E-state index is 0.788. The second-order valence-electron chi connectivity index (χ2n) is 1.93. The molecule has 0 atom stereocenters. The van der Waals surface area contributed by atoms with Gasteiger partial charge >= 0.3 is 0 Å². The van der Waals surface area contributed by atoms with E-state index in [1.165, 1.54) is 11.3 Å². The summed E-state index contributed by atoms with van der Waals surface area (Å²) in [5.41, 5.74) is 6.42. The number of rotatable bonds is 0. The fourth-order valence-corrected chi connectivity index (χ4v) is 1.57. The van der Waals surface area contributed by atoms with Gasteiger partial charge in [-0.15, -0.1) is 16.4 Å². The van der Waals surface area contributed by atoms with Gasteiger partial charge in [0.25, 0.3) is 0 Å². The highest BCUT2D eigenvalue weighted by atomic mass is 32.1. The van der Waals surface area contributed by atoms with Crippen molar-refractivity contribution in [3.05, 3.63) is 18.3 Å². The van der Waals surface area contributed by atoms with Crippen molar-refractivity contribution in [2.45, 2.75) is 0 Å². The summed E-state index contributed by atoms with van der Waals surface area (Å²) >= 11 is 1.53. The first-order valence-electron chi connectivity index (χ1n) is 2.83. The second kappa shape index (κ2) is 1.91. The van der Waals surface area contributed by atoms with Crippen LogP contribution < -0.4 is 5.73 Å². The lowest BCUT2D eigenvalue weighted by molar-refractivity contribution is 1.08. The number of anilines is 1. The lowest BCUT2D eigenvalue weighted by atomic mass is 10.4. The van der Waals surface area contributed by atoms with E-state index in [4.69, 9.17) is 5.73 Å². The summed E-state index contributed by atoms with van der Waals surface area (Å²) in [5.74, 6) is 0. The summed E-state index contributed by atoms with van der Waals surface area (Å²) in [7, 11) is 0. The molecule has 0 bridgehead atoms. The number of thiophene rings is 1. The highest BCUT2D eigenvalue weighted by molar-refractivity contribution is 7.22. The molecule has 0 saturated heterocycles. The fraction of sp³-hybridized carbons (Fsp3) is 0. The van der Waals surface area contributed by atoms with E-state index in [0.717, 1.165) is 15.2 Å². The molecule has 0 aliphatic heterocycles. The van der Waals surface area contributed by atoms with Gasteiger partial charge in [-0.05, 0) is 6.07 Å². The number of aromatic nitrogens is 2. The van der Waals surface area contributed by atoms with Crippen molar-refractivity contribution in [2.24, 2.45) is 0 Å². The third kappa shape index (κ3) is 0.733. The van der Waals surface area contributed by atoms with Gasteiger partial charge in [0.05, 0.1) is 15.9 Å². The van der Waals surface area contributed by atoms with E-state index in [1.807, 2.05) is 12.1 Å². The molecule has 0 spiro atoms. The third-order valence-electron chi connectivity index (χ3n) is 1.22. The molecule has 2 aromatic rings. The lowest BCUT2D eigenvalue weighted by Gasteiger charge is -1.80. The summed E-state index contributed by atoms with van der Waals surface area (Å²) in [4.78, 5) is 0. The van der Waals surface area contributed by atoms with Crippen molar-refractivity contribution in [1.82, 2.24) is 10.2 Å². The molecule has 3 nitrogen and oxygen atoms in total. The van der Waals surface area contributed by atoms with Crippen LogP contribution in [0.15, 0.2) is 18.3 Å². The van der Waals surface area contributed by atoms with Crippen molar-refractivity contribution in [3.63, 3.8) is 0 Å². The maximum absolute atomic E-state index is 5.54. The summed E-state index contributed by atoms with van der Waals surface area (Å²) < 4.78 is 1.09. The molecule has 2 rings (SSSR count). The Labute approximate surface area is 61.5 Å². The van der Waals surface area contributed by atoms with E-state index in [0.29, 0.717) is 0 Å². The Kier molecular flexibility index (Phi) is 1.07. The van der Waals surface area contributed by atoms with E-state index in [9.17, 15) is 0 Å². The largest absolute Gasteiger partial charge is 0.391 e. The third-order valence-corrected chi connectivity index (χ3v) is 2.14. The molecule has 50 valence electrons. The summed E-state index contributed by atoms with van der Waals surface area (Å²) in [6.07, 6.45) is 1.66. The highest BCUT2D eigenvalue weighted by Crippen LogP contribution is 2.23. The Morgan fingerprint density at radius 1 is 1.50 bits per heavy atom. The molecule has 0 amide bonds. The molecule has 4 heteroatoms. The second-order valence-corrected chi connectivity index (χ2v) is 3.04. The van der Waals surface area contributed by atoms with E-state index in [1.54, 1.807) is 6.20 Å². The average Bonchev–Trinajstić information content (AvgIpc) is 2.27. The predicted molar refractivity (Wildman–Crippen MR) is 41.8 cm³/mol. The van der Waals surface area contributed by atoms with Gasteiger partial charge < -0.3 is 5.73 Å². The van der Waals surface area contributed by atoms with Gasteiger partial charge in [-0.25, -0.2) is 0 Å². The first-order valence-corrected chi connectivity index (χ1v) is 3.64. The van der Waals surface area contributed by atoms with Crippen LogP contribution in [0.2, 0.25) is 0 Å². The molecule has 0 aromatic carbocycles. The molecule has 2 aromatic heterocycles. The number of hydrogen-bond acceptors (Lipinski definition) is 4. The molecule has 0 saturated carbocycles. The Morgan fingerprint density at radius 2 is 2.40 bits per heavy atom. The normalized spacial score (nSPS) is 10.4. The minimum atomic E-state index is 0.788. The number of hydrogen-bond donors (Lipinski definition) is 1. The zero-order valence-corrected chi connectivity index (χ0v) is 5.93. The number of nitrogen functional groups attached to an aromatic ring is 1. The zero-order valence-electron chi connectivity index (χ0n) is 5.11. The predicted octanol–water partition coefficient (Wildman–Crippen LogP) is 1.27. The minimum Gasteiger partial charge on any atom is -0.391 e. The smallest absolute Gasteiger partial charge is 0.106 e. The molecule has 0 fully saturated rings. The maximum atomic E-state index is 5.54. The lowest BCUT2D eigenvalue weighted by Crippen LogP contribution is -1.76. The van der Waals surface area contributed by atoms with Gasteiger partial charge in [0.1, 0.15) is 5.52 Å². The molecule has 0 aliphatic carbocycles. The van der Waals surface area contributed by atoms with Gasteiger partial charge in [-0.2, -0.15) is 5.10 Å². The quantitative estimate of drug-likeness (QED) is 0.617. The van der Waals surface area contributed by atoms with Crippen molar-refractivity contribution in [3.8, 4) is 0 Å². The molecular weight excluding hydrogens is 146 g/mol. The van der Waals surface area contributed by atoms with Crippen LogP contribution in [-0.4, -0.2) is 10.2 Å². The molecule has 2 N–H and O–H groups in total. The van der Waals surface area contributed by atoms with Crippen molar-refractivity contribution < 1.29 is 0 Å². The summed E-state index contributed by atoms with van der Waals surface area (Å²) in [6.45, 7) is 0. The Bertz CT molecular complexity index is 322. The van der Waals surface area contributed by atoms with Crippen LogP contribution in [0.3, 0.4) is 0 Å². The van der Waals surface area contributed by atoms with E-state index in [2.05, 4.69) is 10.2 Å². The standard InChI is InChI=1S/C6H5N3S/c7-6-3-4-5(10-6)1-2-8-9-4/h1-3H,7H2. The van der Waals surface area contributed by atoms with Crippen LogP contribution in [-0.2, 0) is 0 Å². The van der Waals surface area contributed by atoms with Crippen molar-refractivity contribution >= 4 is 26.6 Å². The monoisotopic (exact) mass is 151 g/mol. The first kappa shape index (κ1) is 5.61. The van der Waals surface area contributed by atoms with E-state index in [-0.39, 0.29) is 0 Å². The Hall–Kier alpha value is -1.16. The summed E-state index contributed by atoms with van der Waals surface area (Å²) in [6, 6.07) is 3.73. The number of fused-ring (bicyclic) bond motifs is 1. The van der Waals surface area contributed by atoms with Crippen molar-refractivity contribution in [1.29, 1.82) is 0 Å². The average molecular weight is 151 g/mol. The van der Waals surface area contributed by atoms with E-state index < -0.39 is 0 Å². The van der Waals surface area contributed by atoms with Crippen LogP contribution in [0.25, 0.3) is 10.2 Å². The number of nitrogens with two attached hydrogens (primary N) is 1. The van der Waals surface area contributed by atoms with Gasteiger partial charge in [-0.1, -0.05) is 0 Å². The first-order chi connectivity index (χ1) is 4.86. The fourth-order valence-electron chi connectivity index (χ4n) is 0.809. The van der Waals surface area contributed by atoms with Crippen LogP contribution in [0.4, 0.5) is 5.00 Å². The van der Waals surface area contributed by atoms with Gasteiger partial charge in [0.2, 0.25) is 0 Å². The molecule has 2 heterocycles.